The molecule has 0 bridgehead atoms. The molecule has 64 heavy (non-hydrogen) atoms. The van der Waals surface area contributed by atoms with E-state index in [0.29, 0.717) is 11.1 Å². The molecule has 2 saturated heterocycles. The van der Waals surface area contributed by atoms with E-state index >= 15 is 0 Å². The first-order chi connectivity index (χ1) is 30.1. The molecule has 4 heterocycles. The van der Waals surface area contributed by atoms with Crippen LogP contribution in [0.2, 0.25) is 0 Å². The van der Waals surface area contributed by atoms with Gasteiger partial charge < -0.3 is 29.9 Å². The maximum atomic E-state index is 13.3. The van der Waals surface area contributed by atoms with Gasteiger partial charge in [-0.15, -0.1) is 0 Å². The minimum absolute atomic E-state index is 0.151. The standard InChI is InChI=1S/C50H78N4O10/c1-33(15-11-17-35(3)21-25-51-45(59)37(5)29-53(47(51)61)43-27-39(57)41(31-55)63-43)19-13-23-49(7,8)50(9,10)24-14-20-34(2)16-12-18-36(4)22-26-52-46(60)38(6)30-54(48(52)62)44-28-40(58)42(32-56)64-44/h15-16,21-22,29-30,39-44,55-58H,11-14,17-20,23-28,31-32H2,1-10H3/b33-15+,34-16+,35-21+,36-22+/t39-,40-,41?,42?,43-,44-/m1/s1. The van der Waals surface area contributed by atoms with E-state index in [9.17, 15) is 39.6 Å². The zero-order valence-electron chi connectivity index (χ0n) is 40.3. The fourth-order valence-electron chi connectivity index (χ4n) is 8.64. The van der Waals surface area contributed by atoms with Crippen molar-refractivity contribution >= 4 is 0 Å². The second kappa shape index (κ2) is 23.5. The van der Waals surface area contributed by atoms with Crippen molar-refractivity contribution in [2.75, 3.05) is 13.2 Å². The molecule has 0 spiro atoms. The summed E-state index contributed by atoms with van der Waals surface area (Å²) in [6.07, 6.45) is 16.9. The Morgan fingerprint density at radius 3 is 1.28 bits per heavy atom. The third-order valence-corrected chi connectivity index (χ3v) is 14.0. The fraction of sp³-hybridized carbons (Fsp3) is 0.680. The van der Waals surface area contributed by atoms with Crippen molar-refractivity contribution in [1.82, 2.24) is 18.3 Å². The summed E-state index contributed by atoms with van der Waals surface area (Å²) in [7, 11) is 0. The average molecular weight is 895 g/mol. The summed E-state index contributed by atoms with van der Waals surface area (Å²) in [6.45, 7) is 20.9. The molecule has 2 fully saturated rings. The Labute approximate surface area is 379 Å². The quantitative estimate of drug-likeness (QED) is 0.0878. The van der Waals surface area contributed by atoms with Crippen molar-refractivity contribution in [3.05, 3.63) is 112 Å². The van der Waals surface area contributed by atoms with Gasteiger partial charge in [-0.3, -0.25) is 27.9 Å². The molecule has 6 atom stereocenters. The zero-order chi connectivity index (χ0) is 47.5. The Bertz CT molecular complexity index is 2100. The molecule has 0 amide bonds. The number of aromatic nitrogens is 4. The lowest BCUT2D eigenvalue weighted by atomic mass is 9.63. The summed E-state index contributed by atoms with van der Waals surface area (Å²) in [5, 5.41) is 39.2. The van der Waals surface area contributed by atoms with Crippen LogP contribution in [0.15, 0.2) is 78.2 Å². The number of hydrogen-bond donors (Lipinski definition) is 4. The number of hydrogen-bond acceptors (Lipinski definition) is 10. The van der Waals surface area contributed by atoms with Crippen LogP contribution >= 0.6 is 0 Å². The van der Waals surface area contributed by atoms with Gasteiger partial charge in [-0.2, -0.15) is 0 Å². The van der Waals surface area contributed by atoms with Gasteiger partial charge in [0.25, 0.3) is 11.1 Å². The van der Waals surface area contributed by atoms with E-state index in [4.69, 9.17) is 9.47 Å². The molecule has 2 aromatic rings. The molecule has 2 aliphatic rings. The second-order valence-corrected chi connectivity index (χ2v) is 19.8. The average Bonchev–Trinajstić information content (AvgIpc) is 3.80. The van der Waals surface area contributed by atoms with Gasteiger partial charge in [0.1, 0.15) is 24.7 Å². The van der Waals surface area contributed by atoms with Crippen LogP contribution in [0.3, 0.4) is 0 Å². The lowest BCUT2D eigenvalue weighted by Crippen LogP contribution is -2.42. The smallest absolute Gasteiger partial charge is 0.333 e. The van der Waals surface area contributed by atoms with Gasteiger partial charge >= 0.3 is 11.4 Å². The van der Waals surface area contributed by atoms with Crippen molar-refractivity contribution in [2.24, 2.45) is 10.8 Å². The van der Waals surface area contributed by atoms with Gasteiger partial charge in [-0.1, -0.05) is 74.3 Å². The third kappa shape index (κ3) is 13.8. The van der Waals surface area contributed by atoms with Gasteiger partial charge in [0.15, 0.2) is 0 Å². The summed E-state index contributed by atoms with van der Waals surface area (Å²) in [6, 6.07) is 0. The van der Waals surface area contributed by atoms with Crippen LogP contribution in [0, 0.1) is 24.7 Å². The van der Waals surface area contributed by atoms with Crippen LogP contribution < -0.4 is 22.5 Å². The first-order valence-electron chi connectivity index (χ1n) is 23.3. The van der Waals surface area contributed by atoms with E-state index in [1.165, 1.54) is 41.8 Å². The van der Waals surface area contributed by atoms with Gasteiger partial charge in [0.2, 0.25) is 0 Å². The lowest BCUT2D eigenvalue weighted by Gasteiger charge is -2.42. The molecular weight excluding hydrogens is 817 g/mol. The maximum Gasteiger partial charge on any atom is 0.333 e. The molecule has 14 nitrogen and oxygen atoms in total. The van der Waals surface area contributed by atoms with Crippen LogP contribution in [0.1, 0.15) is 156 Å². The maximum absolute atomic E-state index is 13.3. The first-order valence-corrected chi connectivity index (χ1v) is 23.3. The number of allylic oxidation sites excluding steroid dienone is 8. The number of nitrogens with zero attached hydrogens (tertiary/aromatic N) is 4. The van der Waals surface area contributed by atoms with E-state index in [2.05, 4.69) is 53.7 Å². The van der Waals surface area contributed by atoms with Crippen molar-refractivity contribution < 1.29 is 29.9 Å². The predicted molar refractivity (Wildman–Crippen MR) is 251 cm³/mol. The molecule has 358 valence electrons. The van der Waals surface area contributed by atoms with Gasteiger partial charge in [-0.25, -0.2) is 9.59 Å². The summed E-state index contributed by atoms with van der Waals surface area (Å²) >= 11 is 0. The number of aliphatic hydroxyl groups excluding tert-OH is 4. The van der Waals surface area contributed by atoms with Crippen LogP contribution in [-0.4, -0.2) is 76.3 Å². The third-order valence-electron chi connectivity index (χ3n) is 14.0. The van der Waals surface area contributed by atoms with E-state index in [1.807, 2.05) is 26.0 Å². The molecule has 0 aliphatic carbocycles. The SMILES string of the molecule is C/C(=C\Cn1c(=O)c(C)cn([C@H]2C[C@@H](O)C(CO)O2)c1=O)CC/C=C(\C)CCCC(C)(C)C(C)(C)CCC/C(C)=C/CC/C(C)=C/Cn1c(=O)c(C)cn([C@H]2C[C@@H](O)C(CO)O2)c1=O. The lowest BCUT2D eigenvalue weighted by molar-refractivity contribution is -0.0463. The van der Waals surface area contributed by atoms with E-state index in [-0.39, 0.29) is 61.1 Å². The van der Waals surface area contributed by atoms with Crippen LogP contribution in [-0.2, 0) is 22.6 Å². The summed E-state index contributed by atoms with van der Waals surface area (Å²) < 4.78 is 16.4. The Morgan fingerprint density at radius 1 is 0.609 bits per heavy atom. The van der Waals surface area contributed by atoms with E-state index < -0.39 is 48.3 Å². The molecule has 0 aromatic carbocycles. The Balaban J connectivity index is 1.18. The Hall–Kier alpha value is -3.92. The Kier molecular flexibility index (Phi) is 19.4. The topological polar surface area (TPSA) is 187 Å². The highest BCUT2D eigenvalue weighted by molar-refractivity contribution is 5.10. The molecular formula is C50H78N4O10. The molecule has 4 rings (SSSR count). The molecule has 4 N–H and O–H groups in total. The minimum Gasteiger partial charge on any atom is -0.394 e. The van der Waals surface area contributed by atoms with Crippen molar-refractivity contribution in [1.29, 1.82) is 0 Å². The zero-order valence-corrected chi connectivity index (χ0v) is 40.3. The second-order valence-electron chi connectivity index (χ2n) is 19.8. The van der Waals surface area contributed by atoms with Gasteiger partial charge in [-0.05, 0) is 117 Å². The van der Waals surface area contributed by atoms with E-state index in [1.54, 1.807) is 13.8 Å². The molecule has 2 aliphatic heterocycles. The summed E-state index contributed by atoms with van der Waals surface area (Å²) in [5.41, 5.74) is 4.37. The van der Waals surface area contributed by atoms with Crippen LogP contribution in [0.25, 0.3) is 0 Å². The summed E-state index contributed by atoms with van der Waals surface area (Å²) in [5.74, 6) is 0. The van der Waals surface area contributed by atoms with Crippen molar-refractivity contribution in [3.8, 4) is 0 Å². The number of aryl methyl sites for hydroxylation is 2. The van der Waals surface area contributed by atoms with Crippen molar-refractivity contribution in [3.63, 3.8) is 0 Å². The van der Waals surface area contributed by atoms with Crippen molar-refractivity contribution in [2.45, 2.75) is 196 Å². The number of rotatable bonds is 23. The summed E-state index contributed by atoms with van der Waals surface area (Å²) in [4.78, 5) is 52.3. The van der Waals surface area contributed by atoms with Gasteiger partial charge in [0, 0.05) is 49.5 Å². The molecule has 2 aromatic heterocycles. The Morgan fingerprint density at radius 2 is 0.953 bits per heavy atom. The van der Waals surface area contributed by atoms with Crippen LogP contribution in [0.5, 0.6) is 0 Å². The first kappa shape index (κ1) is 52.7. The normalized spacial score (nSPS) is 22.8. The number of ether oxygens (including phenoxy) is 2. The predicted octanol–water partition coefficient (Wildman–Crippen LogP) is 6.67. The fourth-order valence-corrected chi connectivity index (χ4v) is 8.64. The number of aliphatic hydroxyl groups is 4. The highest BCUT2D eigenvalue weighted by Crippen LogP contribution is 2.46. The van der Waals surface area contributed by atoms with E-state index in [0.717, 1.165) is 75.4 Å². The minimum atomic E-state index is -0.882. The van der Waals surface area contributed by atoms with Gasteiger partial charge in [0.05, 0.1) is 25.4 Å². The molecule has 0 radical (unpaired) electrons. The highest BCUT2D eigenvalue weighted by atomic mass is 16.5. The van der Waals surface area contributed by atoms with Crippen LogP contribution in [0.4, 0.5) is 0 Å². The largest absolute Gasteiger partial charge is 0.394 e. The molecule has 14 heteroatoms. The highest BCUT2D eigenvalue weighted by Gasteiger charge is 2.37. The molecule has 0 saturated carbocycles. The monoisotopic (exact) mass is 895 g/mol. The molecule has 2 unspecified atom stereocenters.